The molecule has 1 saturated heterocycles. The van der Waals surface area contributed by atoms with E-state index in [1.807, 2.05) is 0 Å². The normalized spacial score (nSPS) is 25.3. The number of ether oxygens (including phenoxy) is 1. The predicted octanol–water partition coefficient (Wildman–Crippen LogP) is 1.86. The molecule has 0 aromatic carbocycles. The van der Waals surface area contributed by atoms with Crippen LogP contribution in [0.4, 0.5) is 0 Å². The average Bonchev–Trinajstić information content (AvgIpc) is 2.45. The number of rotatable bonds is 6. The first kappa shape index (κ1) is 13.9. The molecular formula is C13H28N2O. The number of likely N-dealkylation sites (tertiary alicyclic amines) is 1. The number of methoxy groups -OCH3 is 1. The fraction of sp³-hybridized carbons (Fsp3) is 1.00. The zero-order valence-electron chi connectivity index (χ0n) is 11.0. The molecule has 0 saturated carbocycles. The van der Waals surface area contributed by atoms with E-state index in [1.165, 1.54) is 45.2 Å². The van der Waals surface area contributed by atoms with Gasteiger partial charge >= 0.3 is 0 Å². The molecule has 0 aromatic rings. The van der Waals surface area contributed by atoms with Crippen molar-refractivity contribution in [3.05, 3.63) is 0 Å². The Morgan fingerprint density at radius 3 is 2.88 bits per heavy atom. The number of nitrogens with zero attached hydrogens (tertiary/aromatic N) is 1. The minimum atomic E-state index is 0.174. The summed E-state index contributed by atoms with van der Waals surface area (Å²) in [6.45, 7) is 6.40. The van der Waals surface area contributed by atoms with E-state index < -0.39 is 0 Å². The highest BCUT2D eigenvalue weighted by atomic mass is 16.5. The van der Waals surface area contributed by atoms with Crippen LogP contribution in [0.2, 0.25) is 0 Å². The van der Waals surface area contributed by atoms with E-state index >= 15 is 0 Å². The van der Waals surface area contributed by atoms with E-state index in [0.717, 1.165) is 12.5 Å². The summed E-state index contributed by atoms with van der Waals surface area (Å²) >= 11 is 0. The van der Waals surface area contributed by atoms with Gasteiger partial charge in [-0.1, -0.05) is 19.8 Å². The average molecular weight is 228 g/mol. The van der Waals surface area contributed by atoms with Crippen LogP contribution in [0.5, 0.6) is 0 Å². The van der Waals surface area contributed by atoms with Gasteiger partial charge in [0, 0.05) is 19.7 Å². The Hall–Kier alpha value is -0.120. The van der Waals surface area contributed by atoms with Crippen LogP contribution >= 0.6 is 0 Å². The minimum absolute atomic E-state index is 0.174. The van der Waals surface area contributed by atoms with Crippen LogP contribution in [-0.2, 0) is 4.74 Å². The lowest BCUT2D eigenvalue weighted by Crippen LogP contribution is -2.40. The summed E-state index contributed by atoms with van der Waals surface area (Å²) in [5.41, 5.74) is 5.99. The molecule has 1 aliphatic rings. The summed E-state index contributed by atoms with van der Waals surface area (Å²) in [6.07, 6.45) is 6.83. The van der Waals surface area contributed by atoms with Gasteiger partial charge in [-0.15, -0.1) is 0 Å². The van der Waals surface area contributed by atoms with Gasteiger partial charge < -0.3 is 15.4 Å². The Labute approximate surface area is 100 Å². The zero-order chi connectivity index (χ0) is 11.8. The Morgan fingerprint density at radius 2 is 2.19 bits per heavy atom. The molecular weight excluding hydrogens is 200 g/mol. The third kappa shape index (κ3) is 5.28. The summed E-state index contributed by atoms with van der Waals surface area (Å²) in [7, 11) is 1.72. The van der Waals surface area contributed by atoms with E-state index in [2.05, 4.69) is 11.8 Å². The lowest BCUT2D eigenvalue weighted by molar-refractivity contribution is 0.154. The molecule has 16 heavy (non-hydrogen) atoms. The highest BCUT2D eigenvalue weighted by Crippen LogP contribution is 2.21. The number of hydrogen-bond donors (Lipinski definition) is 1. The molecule has 1 rings (SSSR count). The van der Waals surface area contributed by atoms with E-state index in [9.17, 15) is 0 Å². The van der Waals surface area contributed by atoms with Crippen LogP contribution in [0.1, 0.15) is 39.0 Å². The number of nitrogens with two attached hydrogens (primary N) is 1. The van der Waals surface area contributed by atoms with Gasteiger partial charge in [-0.25, -0.2) is 0 Å². The van der Waals surface area contributed by atoms with Crippen LogP contribution in [-0.4, -0.2) is 44.3 Å². The maximum absolute atomic E-state index is 5.99. The zero-order valence-corrected chi connectivity index (χ0v) is 11.0. The minimum Gasteiger partial charge on any atom is -0.383 e. The fourth-order valence-corrected chi connectivity index (χ4v) is 2.70. The molecule has 0 bridgehead atoms. The van der Waals surface area contributed by atoms with Crippen molar-refractivity contribution >= 4 is 0 Å². The van der Waals surface area contributed by atoms with Gasteiger partial charge in [-0.2, -0.15) is 0 Å². The molecule has 3 heteroatoms. The van der Waals surface area contributed by atoms with Gasteiger partial charge in [0.25, 0.3) is 0 Å². The van der Waals surface area contributed by atoms with Crippen molar-refractivity contribution in [1.82, 2.24) is 4.90 Å². The summed E-state index contributed by atoms with van der Waals surface area (Å²) in [4.78, 5) is 2.51. The standard InChI is InChI=1S/C13H28N2O/c1-3-5-12-6-4-8-15(9-7-12)10-13(14)11-16-2/h12-13H,3-11,14H2,1-2H3. The molecule has 3 nitrogen and oxygen atoms in total. The molecule has 0 aromatic heterocycles. The number of hydrogen-bond acceptors (Lipinski definition) is 3. The van der Waals surface area contributed by atoms with E-state index in [1.54, 1.807) is 7.11 Å². The highest BCUT2D eigenvalue weighted by Gasteiger charge is 2.17. The summed E-state index contributed by atoms with van der Waals surface area (Å²) in [5.74, 6) is 0.952. The van der Waals surface area contributed by atoms with Crippen LogP contribution in [0.3, 0.4) is 0 Å². The van der Waals surface area contributed by atoms with Gasteiger partial charge in [0.15, 0.2) is 0 Å². The Kier molecular flexibility index (Phi) is 7.01. The molecule has 2 N–H and O–H groups in total. The smallest absolute Gasteiger partial charge is 0.0626 e. The van der Waals surface area contributed by atoms with Crippen LogP contribution < -0.4 is 5.73 Å². The Balaban J connectivity index is 2.24. The molecule has 1 heterocycles. The van der Waals surface area contributed by atoms with Crippen LogP contribution in [0.25, 0.3) is 0 Å². The van der Waals surface area contributed by atoms with Crippen molar-refractivity contribution in [2.75, 3.05) is 33.4 Å². The lowest BCUT2D eigenvalue weighted by atomic mass is 9.96. The lowest BCUT2D eigenvalue weighted by Gasteiger charge is -2.23. The van der Waals surface area contributed by atoms with Crippen molar-refractivity contribution in [2.45, 2.75) is 45.1 Å². The van der Waals surface area contributed by atoms with E-state index in [-0.39, 0.29) is 6.04 Å². The van der Waals surface area contributed by atoms with Gasteiger partial charge in [0.2, 0.25) is 0 Å². The van der Waals surface area contributed by atoms with Crippen molar-refractivity contribution in [3.8, 4) is 0 Å². The van der Waals surface area contributed by atoms with Crippen molar-refractivity contribution < 1.29 is 4.74 Å². The van der Waals surface area contributed by atoms with Gasteiger partial charge in [-0.05, 0) is 38.3 Å². The Bertz CT molecular complexity index is 175. The molecule has 1 aliphatic heterocycles. The predicted molar refractivity (Wildman–Crippen MR) is 68.5 cm³/mol. The summed E-state index contributed by atoms with van der Waals surface area (Å²) < 4.78 is 5.08. The maximum atomic E-state index is 5.99. The Morgan fingerprint density at radius 1 is 1.38 bits per heavy atom. The molecule has 0 spiro atoms. The second-order valence-electron chi connectivity index (χ2n) is 5.10. The molecule has 0 aliphatic carbocycles. The third-order valence-corrected chi connectivity index (χ3v) is 3.51. The highest BCUT2D eigenvalue weighted by molar-refractivity contribution is 4.73. The largest absolute Gasteiger partial charge is 0.383 e. The maximum Gasteiger partial charge on any atom is 0.0626 e. The second kappa shape index (κ2) is 8.04. The third-order valence-electron chi connectivity index (χ3n) is 3.51. The van der Waals surface area contributed by atoms with Gasteiger partial charge in [0.05, 0.1) is 6.61 Å². The molecule has 1 fully saturated rings. The van der Waals surface area contributed by atoms with Crippen LogP contribution in [0, 0.1) is 5.92 Å². The monoisotopic (exact) mass is 228 g/mol. The van der Waals surface area contributed by atoms with Crippen LogP contribution in [0.15, 0.2) is 0 Å². The SMILES string of the molecule is CCCC1CCCN(CC(N)COC)CC1. The quantitative estimate of drug-likeness (QED) is 0.754. The van der Waals surface area contributed by atoms with Crippen molar-refractivity contribution in [1.29, 1.82) is 0 Å². The first-order valence-electron chi connectivity index (χ1n) is 6.73. The second-order valence-corrected chi connectivity index (χ2v) is 5.10. The molecule has 96 valence electrons. The topological polar surface area (TPSA) is 38.5 Å². The summed E-state index contributed by atoms with van der Waals surface area (Å²) in [6, 6.07) is 0.174. The first-order chi connectivity index (χ1) is 7.76. The van der Waals surface area contributed by atoms with Crippen molar-refractivity contribution in [3.63, 3.8) is 0 Å². The molecule has 2 unspecified atom stereocenters. The summed E-state index contributed by atoms with van der Waals surface area (Å²) in [5, 5.41) is 0. The van der Waals surface area contributed by atoms with E-state index in [0.29, 0.717) is 6.61 Å². The fourth-order valence-electron chi connectivity index (χ4n) is 2.70. The molecule has 0 radical (unpaired) electrons. The molecule has 2 atom stereocenters. The molecule has 0 amide bonds. The first-order valence-corrected chi connectivity index (χ1v) is 6.73. The van der Waals surface area contributed by atoms with Crippen molar-refractivity contribution in [2.24, 2.45) is 11.7 Å². The van der Waals surface area contributed by atoms with Gasteiger partial charge in [-0.3, -0.25) is 0 Å². The van der Waals surface area contributed by atoms with Gasteiger partial charge in [0.1, 0.15) is 0 Å². The van der Waals surface area contributed by atoms with E-state index in [4.69, 9.17) is 10.5 Å².